The molecule has 0 fully saturated rings. The lowest BCUT2D eigenvalue weighted by Gasteiger charge is -2.04. The van der Waals surface area contributed by atoms with E-state index in [-0.39, 0.29) is 24.0 Å². The number of rotatable bonds is 4. The van der Waals surface area contributed by atoms with Crippen molar-refractivity contribution in [2.75, 3.05) is 0 Å². The van der Waals surface area contributed by atoms with Crippen LogP contribution in [0.5, 0.6) is 0 Å². The van der Waals surface area contributed by atoms with Gasteiger partial charge in [-0.15, -0.1) is 0 Å². The summed E-state index contributed by atoms with van der Waals surface area (Å²) in [7, 11) is 0. The van der Waals surface area contributed by atoms with E-state index in [1.807, 2.05) is 0 Å². The van der Waals surface area contributed by atoms with Crippen molar-refractivity contribution in [1.82, 2.24) is 0 Å². The Labute approximate surface area is 112 Å². The lowest BCUT2D eigenvalue weighted by atomic mass is 10.0. The van der Waals surface area contributed by atoms with Crippen LogP contribution in [0.3, 0.4) is 0 Å². The zero-order valence-electron chi connectivity index (χ0n) is 10.3. The first-order valence-corrected chi connectivity index (χ1v) is 5.90. The van der Waals surface area contributed by atoms with E-state index in [2.05, 4.69) is 0 Å². The van der Waals surface area contributed by atoms with Crippen molar-refractivity contribution in [3.8, 4) is 0 Å². The van der Waals surface area contributed by atoms with Crippen molar-refractivity contribution in [1.29, 1.82) is 0 Å². The van der Waals surface area contributed by atoms with E-state index in [0.717, 1.165) is 18.2 Å². The van der Waals surface area contributed by atoms with E-state index in [4.69, 9.17) is 0 Å². The Bertz CT molecular complexity index is 629. The van der Waals surface area contributed by atoms with Gasteiger partial charge in [0.1, 0.15) is 5.82 Å². The minimum Gasteiger partial charge on any atom is -0.294 e. The summed E-state index contributed by atoms with van der Waals surface area (Å²) in [6.45, 7) is 0. The maximum absolute atomic E-state index is 13.4. The molecule has 2 aromatic rings. The van der Waals surface area contributed by atoms with Crippen LogP contribution < -0.4 is 0 Å². The Kier molecular flexibility index (Phi) is 4.17. The van der Waals surface area contributed by atoms with Gasteiger partial charge >= 0.3 is 0 Å². The highest BCUT2D eigenvalue weighted by Crippen LogP contribution is 2.16. The van der Waals surface area contributed by atoms with Gasteiger partial charge in [0.2, 0.25) is 0 Å². The molecule has 0 saturated carbocycles. The molecule has 0 aliphatic rings. The number of aryl methyl sites for hydroxylation is 1. The van der Waals surface area contributed by atoms with Gasteiger partial charge in [0.15, 0.2) is 23.2 Å². The number of hydrogen-bond acceptors (Lipinski definition) is 1. The average Bonchev–Trinajstić information content (AvgIpc) is 2.42. The first-order valence-electron chi connectivity index (χ1n) is 5.90. The molecule has 0 saturated heterocycles. The summed E-state index contributed by atoms with van der Waals surface area (Å²) < 4.78 is 52.1. The first-order chi connectivity index (χ1) is 9.49. The Balaban J connectivity index is 2.10. The molecule has 0 aliphatic heterocycles. The fraction of sp³-hybridized carbons (Fsp3) is 0.133. The monoisotopic (exact) mass is 282 g/mol. The lowest BCUT2D eigenvalue weighted by molar-refractivity contribution is 0.0979. The predicted octanol–water partition coefficient (Wildman–Crippen LogP) is 4.06. The van der Waals surface area contributed by atoms with Crippen molar-refractivity contribution in [2.45, 2.75) is 12.8 Å². The number of Topliss-reactive ketones (excluding diaryl/α,β-unsaturated/α-hetero) is 1. The van der Waals surface area contributed by atoms with Crippen molar-refractivity contribution in [3.63, 3.8) is 0 Å². The minimum atomic E-state index is -1.55. The van der Waals surface area contributed by atoms with Crippen molar-refractivity contribution < 1.29 is 22.4 Å². The Morgan fingerprint density at radius 2 is 1.50 bits per heavy atom. The van der Waals surface area contributed by atoms with Crippen molar-refractivity contribution >= 4 is 5.78 Å². The number of benzene rings is 2. The van der Waals surface area contributed by atoms with Gasteiger partial charge in [-0.25, -0.2) is 17.6 Å². The third-order valence-corrected chi connectivity index (χ3v) is 2.86. The molecule has 0 spiro atoms. The van der Waals surface area contributed by atoms with Gasteiger partial charge in [-0.05, 0) is 36.2 Å². The molecule has 5 heteroatoms. The molecular weight excluding hydrogens is 272 g/mol. The summed E-state index contributed by atoms with van der Waals surface area (Å²) in [4.78, 5) is 11.8. The lowest BCUT2D eigenvalue weighted by Crippen LogP contribution is -2.04. The fourth-order valence-corrected chi connectivity index (χ4v) is 1.83. The molecule has 0 bridgehead atoms. The fourth-order valence-electron chi connectivity index (χ4n) is 1.83. The summed E-state index contributed by atoms with van der Waals surface area (Å²) >= 11 is 0. The molecule has 0 aromatic heterocycles. The second kappa shape index (κ2) is 5.86. The molecule has 20 heavy (non-hydrogen) atoms. The topological polar surface area (TPSA) is 17.1 Å². The molecule has 0 N–H and O–H groups in total. The highest BCUT2D eigenvalue weighted by Gasteiger charge is 2.14. The molecule has 0 amide bonds. The molecule has 0 atom stereocenters. The first kappa shape index (κ1) is 14.2. The summed E-state index contributed by atoms with van der Waals surface area (Å²) in [6, 6.07) is 7.12. The van der Waals surface area contributed by atoms with Crippen molar-refractivity contribution in [2.24, 2.45) is 0 Å². The molecule has 0 aliphatic carbocycles. The predicted molar refractivity (Wildman–Crippen MR) is 65.4 cm³/mol. The number of carbonyl (C=O) groups is 1. The SMILES string of the molecule is O=C(CCc1cc(F)c(F)c(F)c1)c1ccccc1F. The van der Waals surface area contributed by atoms with Gasteiger partial charge in [0, 0.05) is 6.42 Å². The third-order valence-electron chi connectivity index (χ3n) is 2.86. The van der Waals surface area contributed by atoms with Crippen LogP contribution in [0.1, 0.15) is 22.3 Å². The molecular formula is C15H10F4O. The Hall–Kier alpha value is -2.17. The number of ketones is 1. The standard InChI is InChI=1S/C15H10F4O/c16-11-4-2-1-3-10(11)14(20)6-5-9-7-12(17)15(19)13(18)8-9/h1-4,7-8H,5-6H2. The Morgan fingerprint density at radius 1 is 0.900 bits per heavy atom. The van der Waals surface area contributed by atoms with E-state index >= 15 is 0 Å². The normalized spacial score (nSPS) is 10.6. The molecule has 0 radical (unpaired) electrons. The third kappa shape index (κ3) is 3.04. The van der Waals surface area contributed by atoms with Gasteiger partial charge in [0.05, 0.1) is 5.56 Å². The summed E-state index contributed by atoms with van der Waals surface area (Å²) in [5.41, 5.74) is 0.0710. The van der Waals surface area contributed by atoms with Crippen LogP contribution in [0.2, 0.25) is 0 Å². The van der Waals surface area contributed by atoms with E-state index in [9.17, 15) is 22.4 Å². The molecule has 104 valence electrons. The van der Waals surface area contributed by atoms with E-state index < -0.39 is 29.1 Å². The number of halogens is 4. The number of carbonyl (C=O) groups excluding carboxylic acids is 1. The second-order valence-corrected chi connectivity index (χ2v) is 4.28. The van der Waals surface area contributed by atoms with Gasteiger partial charge in [-0.3, -0.25) is 4.79 Å². The highest BCUT2D eigenvalue weighted by molar-refractivity contribution is 5.96. The van der Waals surface area contributed by atoms with Crippen LogP contribution in [-0.4, -0.2) is 5.78 Å². The van der Waals surface area contributed by atoms with Gasteiger partial charge < -0.3 is 0 Å². The molecule has 1 nitrogen and oxygen atoms in total. The van der Waals surface area contributed by atoms with Crippen LogP contribution in [0.15, 0.2) is 36.4 Å². The summed E-state index contributed by atoms with van der Waals surface area (Å²) in [5, 5.41) is 0. The Morgan fingerprint density at radius 3 is 2.10 bits per heavy atom. The zero-order chi connectivity index (χ0) is 14.7. The van der Waals surface area contributed by atoms with E-state index in [0.29, 0.717) is 0 Å². The number of hydrogen-bond donors (Lipinski definition) is 0. The zero-order valence-corrected chi connectivity index (χ0v) is 10.3. The van der Waals surface area contributed by atoms with Crippen molar-refractivity contribution in [3.05, 3.63) is 70.8 Å². The van der Waals surface area contributed by atoms with E-state index in [1.165, 1.54) is 18.2 Å². The van der Waals surface area contributed by atoms with Crippen LogP contribution in [0, 0.1) is 23.3 Å². The molecule has 2 aromatic carbocycles. The quantitative estimate of drug-likeness (QED) is 0.469. The molecule has 2 rings (SSSR count). The average molecular weight is 282 g/mol. The van der Waals surface area contributed by atoms with Crippen LogP contribution in [0.4, 0.5) is 17.6 Å². The van der Waals surface area contributed by atoms with Crippen LogP contribution in [-0.2, 0) is 6.42 Å². The van der Waals surface area contributed by atoms with Gasteiger partial charge in [-0.1, -0.05) is 12.1 Å². The second-order valence-electron chi connectivity index (χ2n) is 4.28. The van der Waals surface area contributed by atoms with Gasteiger partial charge in [0.25, 0.3) is 0 Å². The minimum absolute atomic E-state index is 0.00128. The van der Waals surface area contributed by atoms with E-state index in [1.54, 1.807) is 0 Å². The molecule has 0 heterocycles. The summed E-state index contributed by atoms with van der Waals surface area (Å²) in [5.74, 6) is -5.28. The highest BCUT2D eigenvalue weighted by atomic mass is 19.2. The van der Waals surface area contributed by atoms with Crippen LogP contribution >= 0.6 is 0 Å². The largest absolute Gasteiger partial charge is 0.294 e. The maximum Gasteiger partial charge on any atom is 0.194 e. The van der Waals surface area contributed by atoms with Crippen LogP contribution in [0.25, 0.3) is 0 Å². The smallest absolute Gasteiger partial charge is 0.194 e. The summed E-state index contributed by atoms with van der Waals surface area (Å²) in [6.07, 6.45) is -0.118. The van der Waals surface area contributed by atoms with Gasteiger partial charge in [-0.2, -0.15) is 0 Å². The maximum atomic E-state index is 13.4. The molecule has 0 unspecified atom stereocenters.